The molecule has 7 nitrogen and oxygen atoms in total. The van der Waals surface area contributed by atoms with E-state index in [0.29, 0.717) is 0 Å². The number of hydrogen-bond acceptors (Lipinski definition) is 4. The Labute approximate surface area is 204 Å². The number of fused-ring (bicyclic) bond motifs is 1. The minimum Gasteiger partial charge on any atom is -0.374 e. The molecular formula is C23H24F5N3O4S. The number of anilines is 1. The number of hydrogen-bond donors (Lipinski definition) is 3. The number of alkyl halides is 4. The average Bonchev–Trinajstić information content (AvgIpc) is 3.64. The number of halogens is 5. The van der Waals surface area contributed by atoms with E-state index >= 15 is 0 Å². The Balaban J connectivity index is 1.72. The standard InChI is InChI=1S/C23H24F5N3O4S/c24-13-22(33,23(26,27)28)15-2-10-20-14(11-15)1-7-18(12-29-21(32)30-17-5-6-17)31(20)36(34,35)19-8-3-16(25)4-9-19/h2-4,8-11,17-18,33H,1,5-7,12-13H2,(H2,29,30,32). The van der Waals surface area contributed by atoms with E-state index < -0.39 is 51.9 Å². The molecule has 1 fully saturated rings. The lowest BCUT2D eigenvalue weighted by atomic mass is 9.89. The molecule has 1 saturated carbocycles. The molecule has 0 spiro atoms. The maximum atomic E-state index is 13.6. The van der Waals surface area contributed by atoms with Crippen LogP contribution in [0.2, 0.25) is 0 Å². The van der Waals surface area contributed by atoms with E-state index in [1.165, 1.54) is 0 Å². The summed E-state index contributed by atoms with van der Waals surface area (Å²) in [5, 5.41) is 15.4. The normalized spacial score (nSPS) is 19.8. The van der Waals surface area contributed by atoms with Gasteiger partial charge in [-0.1, -0.05) is 12.1 Å². The van der Waals surface area contributed by atoms with E-state index in [-0.39, 0.29) is 41.6 Å². The fraction of sp³-hybridized carbons (Fsp3) is 0.435. The number of urea groups is 1. The van der Waals surface area contributed by atoms with E-state index in [1.54, 1.807) is 0 Å². The molecule has 2 amide bonds. The van der Waals surface area contributed by atoms with Gasteiger partial charge in [-0.05, 0) is 67.1 Å². The third-order valence-corrected chi connectivity index (χ3v) is 8.20. The van der Waals surface area contributed by atoms with Gasteiger partial charge in [-0.2, -0.15) is 13.2 Å². The zero-order valence-corrected chi connectivity index (χ0v) is 19.7. The predicted molar refractivity (Wildman–Crippen MR) is 120 cm³/mol. The van der Waals surface area contributed by atoms with Crippen LogP contribution in [0, 0.1) is 5.82 Å². The SMILES string of the molecule is O=C(NCC1CCc2cc(C(O)(CF)C(F)(F)F)ccc2N1S(=O)(=O)c1ccc(F)cc1)NC1CC1. The summed E-state index contributed by atoms with van der Waals surface area (Å²) in [6, 6.07) is 5.66. The van der Waals surface area contributed by atoms with E-state index in [1.807, 2.05) is 0 Å². The fourth-order valence-electron chi connectivity index (χ4n) is 4.12. The van der Waals surface area contributed by atoms with Crippen LogP contribution in [0.1, 0.15) is 30.4 Å². The lowest BCUT2D eigenvalue weighted by Crippen LogP contribution is -2.51. The number of aliphatic hydroxyl groups is 1. The summed E-state index contributed by atoms with van der Waals surface area (Å²) in [6.07, 6.45) is -3.39. The van der Waals surface area contributed by atoms with Gasteiger partial charge in [0.2, 0.25) is 5.60 Å². The summed E-state index contributed by atoms with van der Waals surface area (Å²) >= 11 is 0. The Morgan fingerprint density at radius 3 is 2.33 bits per heavy atom. The predicted octanol–water partition coefficient (Wildman–Crippen LogP) is 3.52. The number of carbonyl (C=O) groups is 1. The van der Waals surface area contributed by atoms with Crippen molar-refractivity contribution in [3.05, 3.63) is 59.4 Å². The minimum absolute atomic E-state index is 0.0205. The summed E-state index contributed by atoms with van der Waals surface area (Å²) in [5.41, 5.74) is -4.34. The third kappa shape index (κ3) is 4.99. The molecule has 0 aromatic heterocycles. The summed E-state index contributed by atoms with van der Waals surface area (Å²) in [6.45, 7) is -2.22. The van der Waals surface area contributed by atoms with Crippen LogP contribution >= 0.6 is 0 Å². The third-order valence-electron chi connectivity index (χ3n) is 6.32. The van der Waals surface area contributed by atoms with Crippen molar-refractivity contribution in [3.8, 4) is 0 Å². The summed E-state index contributed by atoms with van der Waals surface area (Å²) < 4.78 is 95.1. The van der Waals surface area contributed by atoms with Crippen LogP contribution in [0.4, 0.5) is 32.4 Å². The van der Waals surface area contributed by atoms with Gasteiger partial charge in [-0.15, -0.1) is 0 Å². The van der Waals surface area contributed by atoms with Gasteiger partial charge in [0.1, 0.15) is 12.5 Å². The molecule has 2 aliphatic rings. The fourth-order valence-corrected chi connectivity index (χ4v) is 5.83. The largest absolute Gasteiger partial charge is 0.424 e. The summed E-state index contributed by atoms with van der Waals surface area (Å²) in [4.78, 5) is 11.9. The van der Waals surface area contributed by atoms with Gasteiger partial charge in [0.15, 0.2) is 0 Å². The van der Waals surface area contributed by atoms with Crippen molar-refractivity contribution in [2.24, 2.45) is 0 Å². The molecule has 1 aliphatic carbocycles. The van der Waals surface area contributed by atoms with Crippen LogP contribution in [0.3, 0.4) is 0 Å². The van der Waals surface area contributed by atoms with E-state index in [0.717, 1.165) is 59.6 Å². The minimum atomic E-state index is -5.30. The Morgan fingerprint density at radius 2 is 1.75 bits per heavy atom. The van der Waals surface area contributed by atoms with Crippen molar-refractivity contribution in [1.82, 2.24) is 10.6 Å². The number of sulfonamides is 1. The number of benzene rings is 2. The van der Waals surface area contributed by atoms with Gasteiger partial charge in [-0.25, -0.2) is 22.0 Å². The lowest BCUT2D eigenvalue weighted by molar-refractivity contribution is -0.271. The number of nitrogens with zero attached hydrogens (tertiary/aromatic N) is 1. The zero-order valence-electron chi connectivity index (χ0n) is 18.9. The van der Waals surface area contributed by atoms with Crippen LogP contribution in [-0.4, -0.2) is 51.0 Å². The van der Waals surface area contributed by atoms with Gasteiger partial charge < -0.3 is 15.7 Å². The Hall–Kier alpha value is -2.93. The molecular weight excluding hydrogens is 509 g/mol. The maximum absolute atomic E-state index is 13.6. The van der Waals surface area contributed by atoms with Crippen LogP contribution in [-0.2, 0) is 22.0 Å². The molecule has 3 N–H and O–H groups in total. The second kappa shape index (κ2) is 9.51. The molecule has 0 radical (unpaired) electrons. The second-order valence-electron chi connectivity index (χ2n) is 8.91. The molecule has 36 heavy (non-hydrogen) atoms. The van der Waals surface area contributed by atoms with Crippen molar-refractivity contribution in [3.63, 3.8) is 0 Å². The van der Waals surface area contributed by atoms with Crippen molar-refractivity contribution in [2.45, 2.75) is 54.4 Å². The van der Waals surface area contributed by atoms with Crippen LogP contribution in [0.5, 0.6) is 0 Å². The molecule has 2 aromatic carbocycles. The van der Waals surface area contributed by atoms with Crippen LogP contribution in [0.25, 0.3) is 0 Å². The Kier molecular flexibility index (Phi) is 6.90. The number of nitrogens with one attached hydrogen (secondary N) is 2. The quantitative estimate of drug-likeness (QED) is 0.475. The highest BCUT2D eigenvalue weighted by Gasteiger charge is 2.55. The first kappa shape index (κ1) is 26.1. The van der Waals surface area contributed by atoms with Gasteiger partial charge in [0.25, 0.3) is 10.0 Å². The smallest absolute Gasteiger partial charge is 0.374 e. The van der Waals surface area contributed by atoms with E-state index in [9.17, 15) is 40.3 Å². The molecule has 196 valence electrons. The highest BCUT2D eigenvalue weighted by Crippen LogP contribution is 2.43. The van der Waals surface area contributed by atoms with E-state index in [4.69, 9.17) is 0 Å². The average molecular weight is 534 g/mol. The van der Waals surface area contributed by atoms with Crippen molar-refractivity contribution in [1.29, 1.82) is 0 Å². The molecule has 2 aromatic rings. The Morgan fingerprint density at radius 1 is 1.08 bits per heavy atom. The summed E-state index contributed by atoms with van der Waals surface area (Å²) in [5.74, 6) is -0.662. The highest BCUT2D eigenvalue weighted by molar-refractivity contribution is 7.92. The van der Waals surface area contributed by atoms with Crippen molar-refractivity contribution < 1.29 is 40.3 Å². The van der Waals surface area contributed by atoms with Gasteiger partial charge in [0, 0.05) is 12.6 Å². The van der Waals surface area contributed by atoms with Crippen LogP contribution < -0.4 is 14.9 Å². The first-order chi connectivity index (χ1) is 16.9. The lowest BCUT2D eigenvalue weighted by Gasteiger charge is -2.39. The molecule has 0 saturated heterocycles. The van der Waals surface area contributed by atoms with Gasteiger partial charge >= 0.3 is 12.2 Å². The Bertz CT molecular complexity index is 1240. The highest BCUT2D eigenvalue weighted by atomic mass is 32.2. The van der Waals surface area contributed by atoms with Gasteiger partial charge in [0.05, 0.1) is 16.6 Å². The first-order valence-corrected chi connectivity index (χ1v) is 12.6. The van der Waals surface area contributed by atoms with Crippen LogP contribution in [0.15, 0.2) is 47.4 Å². The monoisotopic (exact) mass is 533 g/mol. The second-order valence-corrected chi connectivity index (χ2v) is 10.7. The first-order valence-electron chi connectivity index (χ1n) is 11.2. The molecule has 1 heterocycles. The molecule has 2 atom stereocenters. The number of rotatable bonds is 7. The zero-order chi connectivity index (χ0) is 26.3. The molecule has 13 heteroatoms. The maximum Gasteiger partial charge on any atom is 0.424 e. The number of amides is 2. The number of aryl methyl sites for hydroxylation is 1. The molecule has 2 unspecified atom stereocenters. The van der Waals surface area contributed by atoms with Gasteiger partial charge in [-0.3, -0.25) is 4.31 Å². The number of carbonyl (C=O) groups excluding carboxylic acids is 1. The summed E-state index contributed by atoms with van der Waals surface area (Å²) in [7, 11) is -4.35. The van der Waals surface area contributed by atoms with E-state index in [2.05, 4.69) is 10.6 Å². The molecule has 1 aliphatic heterocycles. The van der Waals surface area contributed by atoms with Crippen molar-refractivity contribution in [2.75, 3.05) is 17.5 Å². The topological polar surface area (TPSA) is 98.7 Å². The molecule has 4 rings (SSSR count). The van der Waals surface area contributed by atoms with Crippen molar-refractivity contribution >= 4 is 21.7 Å². The molecule has 0 bridgehead atoms.